The van der Waals surface area contributed by atoms with E-state index in [1.165, 1.54) is 16.0 Å². The summed E-state index contributed by atoms with van der Waals surface area (Å²) in [4.78, 5) is 1.47. The molecule has 0 spiro atoms. The van der Waals surface area contributed by atoms with Crippen LogP contribution in [0.4, 0.5) is 0 Å². The maximum absolute atomic E-state index is 4.24. The fourth-order valence-electron chi connectivity index (χ4n) is 2.16. The molecule has 1 aliphatic rings. The summed E-state index contributed by atoms with van der Waals surface area (Å²) >= 11 is 1.84. The topological polar surface area (TPSA) is 29.9 Å². The van der Waals surface area contributed by atoms with Crippen LogP contribution in [-0.2, 0) is 13.6 Å². The number of hydrogen-bond donors (Lipinski definition) is 1. The molecule has 0 fully saturated rings. The highest BCUT2D eigenvalue weighted by atomic mass is 32.1. The second kappa shape index (κ2) is 3.47. The number of fused-ring (bicyclic) bond motifs is 1. The van der Waals surface area contributed by atoms with Crippen LogP contribution in [-0.4, -0.2) is 16.3 Å². The van der Waals surface area contributed by atoms with E-state index >= 15 is 0 Å². The van der Waals surface area contributed by atoms with Crippen molar-refractivity contribution < 1.29 is 0 Å². The molecule has 0 radical (unpaired) electrons. The maximum Gasteiger partial charge on any atom is 0.0528 e. The summed E-state index contributed by atoms with van der Waals surface area (Å²) in [7, 11) is 1.97. The van der Waals surface area contributed by atoms with Gasteiger partial charge in [0.25, 0.3) is 0 Å². The van der Waals surface area contributed by atoms with Crippen molar-refractivity contribution in [1.82, 2.24) is 15.1 Å². The lowest BCUT2D eigenvalue weighted by Gasteiger charge is -2.22. The molecule has 0 saturated heterocycles. The highest BCUT2D eigenvalue weighted by molar-refractivity contribution is 7.10. The zero-order valence-electron chi connectivity index (χ0n) is 8.60. The zero-order valence-corrected chi connectivity index (χ0v) is 9.42. The minimum atomic E-state index is 0.480. The molecule has 1 atom stereocenters. The summed E-state index contributed by atoms with van der Waals surface area (Å²) in [6, 6.07) is 2.25. The van der Waals surface area contributed by atoms with Crippen LogP contribution in [0.3, 0.4) is 0 Å². The van der Waals surface area contributed by atoms with Crippen LogP contribution in [0, 0.1) is 0 Å². The molecule has 1 N–H and O–H groups in total. The maximum atomic E-state index is 4.24. The normalized spacial score (nSPS) is 20.2. The lowest BCUT2D eigenvalue weighted by Crippen LogP contribution is -2.27. The SMILES string of the molecule is Cn1cc(C2CNCc3sccc32)cn1. The third-order valence-electron chi connectivity index (χ3n) is 2.92. The molecule has 0 aliphatic carbocycles. The Kier molecular flexibility index (Phi) is 2.11. The van der Waals surface area contributed by atoms with Gasteiger partial charge in [0.15, 0.2) is 0 Å². The number of nitrogens with one attached hydrogen (secondary N) is 1. The Morgan fingerprint density at radius 2 is 2.53 bits per heavy atom. The average molecular weight is 219 g/mol. The second-order valence-electron chi connectivity index (χ2n) is 3.93. The Balaban J connectivity index is 2.02. The van der Waals surface area contributed by atoms with E-state index < -0.39 is 0 Å². The first-order valence-electron chi connectivity index (χ1n) is 5.10. The zero-order chi connectivity index (χ0) is 10.3. The van der Waals surface area contributed by atoms with Gasteiger partial charge in [0.2, 0.25) is 0 Å². The quantitative estimate of drug-likeness (QED) is 0.791. The molecule has 0 saturated carbocycles. The monoisotopic (exact) mass is 219 g/mol. The number of thiophene rings is 1. The van der Waals surface area contributed by atoms with Crippen LogP contribution in [0.2, 0.25) is 0 Å². The standard InChI is InChI=1S/C11H13N3S/c1-14-7-8(4-13-14)10-5-12-6-11-9(10)2-3-15-11/h2-4,7,10,12H,5-6H2,1H3. The van der Waals surface area contributed by atoms with Crippen LogP contribution in [0.15, 0.2) is 23.8 Å². The van der Waals surface area contributed by atoms with Crippen molar-refractivity contribution in [2.75, 3.05) is 6.54 Å². The van der Waals surface area contributed by atoms with Crippen molar-refractivity contribution in [2.24, 2.45) is 7.05 Å². The summed E-state index contributed by atoms with van der Waals surface area (Å²) in [5.74, 6) is 0.480. The van der Waals surface area contributed by atoms with Crippen LogP contribution in [0.25, 0.3) is 0 Å². The first-order valence-corrected chi connectivity index (χ1v) is 5.98. The van der Waals surface area contributed by atoms with Gasteiger partial charge in [-0.3, -0.25) is 4.68 Å². The number of nitrogens with zero attached hydrogens (tertiary/aromatic N) is 2. The number of aromatic nitrogens is 2. The molecule has 2 aromatic rings. The fourth-order valence-corrected chi connectivity index (χ4v) is 3.07. The summed E-state index contributed by atoms with van der Waals surface area (Å²) < 4.78 is 1.87. The third-order valence-corrected chi connectivity index (χ3v) is 3.85. The van der Waals surface area contributed by atoms with Crippen molar-refractivity contribution >= 4 is 11.3 Å². The molecule has 1 aliphatic heterocycles. The molecule has 4 heteroatoms. The van der Waals surface area contributed by atoms with Gasteiger partial charge < -0.3 is 5.32 Å². The average Bonchev–Trinajstić information content (AvgIpc) is 2.84. The van der Waals surface area contributed by atoms with Gasteiger partial charge in [-0.2, -0.15) is 5.10 Å². The lowest BCUT2D eigenvalue weighted by atomic mass is 9.92. The van der Waals surface area contributed by atoms with Gasteiger partial charge in [0.05, 0.1) is 6.20 Å². The summed E-state index contributed by atoms with van der Waals surface area (Å²) in [6.45, 7) is 2.04. The van der Waals surface area contributed by atoms with Crippen molar-refractivity contribution in [3.63, 3.8) is 0 Å². The van der Waals surface area contributed by atoms with E-state index in [0.717, 1.165) is 13.1 Å². The van der Waals surface area contributed by atoms with E-state index in [1.807, 2.05) is 29.3 Å². The van der Waals surface area contributed by atoms with E-state index in [-0.39, 0.29) is 0 Å². The van der Waals surface area contributed by atoms with E-state index in [2.05, 4.69) is 28.1 Å². The molecular weight excluding hydrogens is 206 g/mol. The van der Waals surface area contributed by atoms with Crippen LogP contribution in [0.1, 0.15) is 21.9 Å². The van der Waals surface area contributed by atoms with Crippen LogP contribution >= 0.6 is 11.3 Å². The minimum absolute atomic E-state index is 0.480. The first kappa shape index (κ1) is 9.12. The summed E-state index contributed by atoms with van der Waals surface area (Å²) in [5, 5.41) is 9.88. The van der Waals surface area contributed by atoms with Gasteiger partial charge in [-0.05, 0) is 22.6 Å². The van der Waals surface area contributed by atoms with Crippen molar-refractivity contribution in [3.05, 3.63) is 39.8 Å². The minimum Gasteiger partial charge on any atom is -0.311 e. The molecule has 15 heavy (non-hydrogen) atoms. The van der Waals surface area contributed by atoms with Gasteiger partial charge in [-0.15, -0.1) is 11.3 Å². The number of hydrogen-bond acceptors (Lipinski definition) is 3. The Morgan fingerprint density at radius 3 is 3.33 bits per heavy atom. The highest BCUT2D eigenvalue weighted by Crippen LogP contribution is 2.32. The van der Waals surface area contributed by atoms with Crippen molar-refractivity contribution in [3.8, 4) is 0 Å². The van der Waals surface area contributed by atoms with E-state index in [0.29, 0.717) is 5.92 Å². The Bertz CT molecular complexity index is 472. The summed E-state index contributed by atoms with van der Waals surface area (Å²) in [6.07, 6.45) is 4.08. The molecule has 0 bridgehead atoms. The molecule has 3 rings (SSSR count). The summed E-state index contributed by atoms with van der Waals surface area (Å²) in [5.41, 5.74) is 2.79. The van der Waals surface area contributed by atoms with Gasteiger partial charge >= 0.3 is 0 Å². The highest BCUT2D eigenvalue weighted by Gasteiger charge is 2.23. The van der Waals surface area contributed by atoms with Crippen LogP contribution in [0.5, 0.6) is 0 Å². The van der Waals surface area contributed by atoms with E-state index in [9.17, 15) is 0 Å². The van der Waals surface area contributed by atoms with Gasteiger partial charge in [-0.25, -0.2) is 0 Å². The predicted molar refractivity (Wildman–Crippen MR) is 61.1 cm³/mol. The van der Waals surface area contributed by atoms with E-state index in [1.54, 1.807) is 0 Å². The molecule has 0 aromatic carbocycles. The molecule has 3 nitrogen and oxygen atoms in total. The smallest absolute Gasteiger partial charge is 0.0528 e. The van der Waals surface area contributed by atoms with Crippen molar-refractivity contribution in [2.45, 2.75) is 12.5 Å². The molecule has 3 heterocycles. The van der Waals surface area contributed by atoms with Gasteiger partial charge in [0.1, 0.15) is 0 Å². The van der Waals surface area contributed by atoms with Gasteiger partial charge in [-0.1, -0.05) is 0 Å². The predicted octanol–water partition coefficient (Wildman–Crippen LogP) is 1.72. The molecule has 1 unspecified atom stereocenters. The molecule has 0 amide bonds. The number of aryl methyl sites for hydroxylation is 1. The van der Waals surface area contributed by atoms with Crippen LogP contribution < -0.4 is 5.32 Å². The van der Waals surface area contributed by atoms with E-state index in [4.69, 9.17) is 0 Å². The largest absolute Gasteiger partial charge is 0.311 e. The molecule has 2 aromatic heterocycles. The fraction of sp³-hybridized carbons (Fsp3) is 0.364. The Labute approximate surface area is 92.7 Å². The van der Waals surface area contributed by atoms with Crippen molar-refractivity contribution in [1.29, 1.82) is 0 Å². The Hall–Kier alpha value is -1.13. The third kappa shape index (κ3) is 1.50. The first-order chi connectivity index (χ1) is 7.34. The Morgan fingerprint density at radius 1 is 1.60 bits per heavy atom. The lowest BCUT2D eigenvalue weighted by molar-refractivity contribution is 0.600. The molecule has 78 valence electrons. The number of rotatable bonds is 1. The molecular formula is C11H13N3S. The van der Waals surface area contributed by atoms with Gasteiger partial charge in [0, 0.05) is 37.1 Å². The second-order valence-corrected chi connectivity index (χ2v) is 4.93.